The minimum Gasteiger partial charge on any atom is -0.504 e. The zero-order valence-corrected chi connectivity index (χ0v) is 15.4. The lowest BCUT2D eigenvalue weighted by Gasteiger charge is -2.14. The number of aryl methyl sites for hydroxylation is 2. The van der Waals surface area contributed by atoms with Crippen LogP contribution in [0.25, 0.3) is 17.2 Å². The van der Waals surface area contributed by atoms with Crippen molar-refractivity contribution in [1.82, 2.24) is 0 Å². The van der Waals surface area contributed by atoms with Crippen molar-refractivity contribution in [3.63, 3.8) is 0 Å². The maximum atomic E-state index is 11.2. The Morgan fingerprint density at radius 1 is 1.16 bits per heavy atom. The number of aromatic hydroxyl groups is 1. The third-order valence-electron chi connectivity index (χ3n) is 4.01. The number of hydrogen-bond donors (Lipinski definition) is 2. The maximum Gasteiger partial charge on any atom is 0.244 e. The first-order chi connectivity index (χ1) is 11.7. The van der Waals surface area contributed by atoms with Crippen LogP contribution in [0.1, 0.15) is 37.5 Å². The summed E-state index contributed by atoms with van der Waals surface area (Å²) in [4.78, 5) is 11.2. The molecule has 0 saturated carbocycles. The highest BCUT2D eigenvalue weighted by Gasteiger charge is 2.11. The molecule has 0 saturated heterocycles. The minimum absolute atomic E-state index is 0.000275. The van der Waals surface area contributed by atoms with Gasteiger partial charge in [-0.15, -0.1) is 0 Å². The molecule has 2 aromatic carbocycles. The Hall–Kier alpha value is -2.75. The van der Waals surface area contributed by atoms with Gasteiger partial charge in [-0.1, -0.05) is 18.2 Å². The number of phenolic OH excluding ortho intramolecular Hbond substituents is 1. The van der Waals surface area contributed by atoms with E-state index in [1.807, 2.05) is 45.9 Å². The molecule has 3 N–H and O–H groups in total. The van der Waals surface area contributed by atoms with Crippen molar-refractivity contribution in [3.05, 3.63) is 52.6 Å². The van der Waals surface area contributed by atoms with Crippen molar-refractivity contribution in [2.45, 2.75) is 40.7 Å². The molecule has 0 bridgehead atoms. The van der Waals surface area contributed by atoms with Crippen LogP contribution in [0.2, 0.25) is 0 Å². The van der Waals surface area contributed by atoms with Gasteiger partial charge in [0, 0.05) is 5.57 Å². The van der Waals surface area contributed by atoms with Crippen molar-refractivity contribution in [2.75, 3.05) is 0 Å². The second kappa shape index (κ2) is 7.43. The van der Waals surface area contributed by atoms with Gasteiger partial charge in [0.1, 0.15) is 0 Å². The Balaban J connectivity index is 2.44. The molecule has 0 fully saturated rings. The van der Waals surface area contributed by atoms with E-state index in [4.69, 9.17) is 10.5 Å². The molecule has 0 heterocycles. The third kappa shape index (κ3) is 4.41. The Morgan fingerprint density at radius 3 is 2.40 bits per heavy atom. The van der Waals surface area contributed by atoms with E-state index in [0.717, 1.165) is 27.8 Å². The molecule has 2 aromatic rings. The first-order valence-corrected chi connectivity index (χ1v) is 8.28. The van der Waals surface area contributed by atoms with E-state index in [0.29, 0.717) is 11.3 Å². The molecule has 0 spiro atoms. The van der Waals surface area contributed by atoms with Crippen molar-refractivity contribution in [3.8, 4) is 22.6 Å². The molecule has 0 aliphatic heterocycles. The fourth-order valence-electron chi connectivity index (χ4n) is 2.65. The molecule has 25 heavy (non-hydrogen) atoms. The van der Waals surface area contributed by atoms with Crippen molar-refractivity contribution in [2.24, 2.45) is 5.73 Å². The van der Waals surface area contributed by atoms with Crippen molar-refractivity contribution >= 4 is 12.0 Å². The number of benzene rings is 2. The second-order valence-electron chi connectivity index (χ2n) is 6.56. The highest BCUT2D eigenvalue weighted by Crippen LogP contribution is 2.34. The molecule has 0 aromatic heterocycles. The average molecular weight is 339 g/mol. The molecule has 0 unspecified atom stereocenters. The molecule has 4 heteroatoms. The number of carbonyl (C=O) groups is 1. The fourth-order valence-corrected chi connectivity index (χ4v) is 2.65. The van der Waals surface area contributed by atoms with Gasteiger partial charge in [0.05, 0.1) is 6.10 Å². The molecular formula is C21H25NO3. The Morgan fingerprint density at radius 2 is 1.84 bits per heavy atom. The van der Waals surface area contributed by atoms with Gasteiger partial charge >= 0.3 is 0 Å². The summed E-state index contributed by atoms with van der Waals surface area (Å²) in [6.07, 6.45) is 1.80. The van der Waals surface area contributed by atoms with E-state index in [-0.39, 0.29) is 11.9 Å². The van der Waals surface area contributed by atoms with Crippen LogP contribution < -0.4 is 10.5 Å². The van der Waals surface area contributed by atoms with Crippen LogP contribution in [0.15, 0.2) is 35.9 Å². The summed E-state index contributed by atoms with van der Waals surface area (Å²) in [5.74, 6) is 0.174. The summed E-state index contributed by atoms with van der Waals surface area (Å²) in [5.41, 5.74) is 10.8. The van der Waals surface area contributed by atoms with Crippen LogP contribution >= 0.6 is 0 Å². The van der Waals surface area contributed by atoms with Crippen LogP contribution in [0.4, 0.5) is 0 Å². The van der Waals surface area contributed by atoms with E-state index in [1.165, 1.54) is 0 Å². The van der Waals surface area contributed by atoms with Crippen molar-refractivity contribution in [1.29, 1.82) is 0 Å². The number of primary amides is 1. The van der Waals surface area contributed by atoms with Gasteiger partial charge in [-0.2, -0.15) is 0 Å². The number of nitrogens with two attached hydrogens (primary N) is 1. The van der Waals surface area contributed by atoms with Gasteiger partial charge in [-0.25, -0.2) is 0 Å². The topological polar surface area (TPSA) is 72.6 Å². The number of rotatable bonds is 5. The van der Waals surface area contributed by atoms with E-state index in [9.17, 15) is 9.90 Å². The Bertz CT molecular complexity index is 835. The molecule has 0 atom stereocenters. The number of phenols is 1. The summed E-state index contributed by atoms with van der Waals surface area (Å²) >= 11 is 0. The lowest BCUT2D eigenvalue weighted by atomic mass is 9.94. The Kier molecular flexibility index (Phi) is 5.52. The standard InChI is InChI=1S/C21H25NO3/c1-12(2)25-20-7-6-16(11-19(20)23)18-10-13(3)17(8-14(18)4)9-15(5)21(22)24/h6-12,23H,1-5H3,(H2,22,24). The molecule has 0 aliphatic rings. The molecule has 0 radical (unpaired) electrons. The van der Waals surface area contributed by atoms with E-state index in [1.54, 1.807) is 25.1 Å². The predicted octanol–water partition coefficient (Wildman–Crippen LogP) is 4.35. The van der Waals surface area contributed by atoms with Crippen molar-refractivity contribution < 1.29 is 14.6 Å². The lowest BCUT2D eigenvalue weighted by Crippen LogP contribution is -2.11. The SMILES string of the molecule is CC(=Cc1cc(C)c(-c2ccc(OC(C)C)c(O)c2)cc1C)C(N)=O. The highest BCUT2D eigenvalue weighted by molar-refractivity contribution is 5.96. The zero-order valence-electron chi connectivity index (χ0n) is 15.4. The molecule has 132 valence electrons. The summed E-state index contributed by atoms with van der Waals surface area (Å²) < 4.78 is 5.57. The maximum absolute atomic E-state index is 11.2. The van der Waals surface area contributed by atoms with Gasteiger partial charge in [0.2, 0.25) is 5.91 Å². The molecule has 4 nitrogen and oxygen atoms in total. The number of hydrogen-bond acceptors (Lipinski definition) is 3. The van der Waals surface area contributed by atoms with Gasteiger partial charge in [-0.3, -0.25) is 4.79 Å². The van der Waals surface area contributed by atoms with Gasteiger partial charge in [0.15, 0.2) is 11.5 Å². The third-order valence-corrected chi connectivity index (χ3v) is 4.01. The van der Waals surface area contributed by atoms with E-state index in [2.05, 4.69) is 0 Å². The first kappa shape index (κ1) is 18.6. The smallest absolute Gasteiger partial charge is 0.244 e. The van der Waals surface area contributed by atoms with Crippen LogP contribution in [0, 0.1) is 13.8 Å². The predicted molar refractivity (Wildman–Crippen MR) is 102 cm³/mol. The van der Waals surface area contributed by atoms with E-state index >= 15 is 0 Å². The van der Waals surface area contributed by atoms with Crippen LogP contribution in [0.5, 0.6) is 11.5 Å². The minimum atomic E-state index is -0.424. The largest absolute Gasteiger partial charge is 0.504 e. The normalized spacial score (nSPS) is 11.7. The zero-order chi connectivity index (χ0) is 18.7. The highest BCUT2D eigenvalue weighted by atomic mass is 16.5. The average Bonchev–Trinajstić information content (AvgIpc) is 2.52. The number of amides is 1. The molecular weight excluding hydrogens is 314 g/mol. The monoisotopic (exact) mass is 339 g/mol. The molecule has 2 rings (SSSR count). The van der Waals surface area contributed by atoms with Gasteiger partial charge in [-0.05, 0) is 80.6 Å². The Labute approximate surface area is 148 Å². The van der Waals surface area contributed by atoms with Crippen LogP contribution in [0.3, 0.4) is 0 Å². The van der Waals surface area contributed by atoms with E-state index < -0.39 is 5.91 Å². The number of ether oxygens (including phenoxy) is 1. The summed E-state index contributed by atoms with van der Waals surface area (Å²) in [7, 11) is 0. The fraction of sp³-hybridized carbons (Fsp3) is 0.286. The summed E-state index contributed by atoms with van der Waals surface area (Å²) in [6, 6.07) is 9.50. The lowest BCUT2D eigenvalue weighted by molar-refractivity contribution is -0.114. The van der Waals surface area contributed by atoms with Crippen LogP contribution in [-0.2, 0) is 4.79 Å². The first-order valence-electron chi connectivity index (χ1n) is 8.28. The summed E-state index contributed by atoms with van der Waals surface area (Å²) in [5, 5.41) is 10.2. The number of carbonyl (C=O) groups excluding carboxylic acids is 1. The summed E-state index contributed by atoms with van der Waals surface area (Å²) in [6.45, 7) is 9.53. The van der Waals surface area contributed by atoms with Crippen LogP contribution in [-0.4, -0.2) is 17.1 Å². The van der Waals surface area contributed by atoms with Gasteiger partial charge < -0.3 is 15.6 Å². The van der Waals surface area contributed by atoms with Gasteiger partial charge in [0.25, 0.3) is 0 Å². The second-order valence-corrected chi connectivity index (χ2v) is 6.56. The molecule has 0 aliphatic carbocycles. The quantitative estimate of drug-likeness (QED) is 0.795. The molecule has 1 amide bonds.